The van der Waals surface area contributed by atoms with E-state index in [4.69, 9.17) is 0 Å². The number of benzene rings is 2. The third kappa shape index (κ3) is 4.84. The molecule has 8 nitrogen and oxygen atoms in total. The number of anilines is 1. The van der Waals surface area contributed by atoms with Crippen LogP contribution < -0.4 is 4.90 Å². The second-order valence-corrected chi connectivity index (χ2v) is 7.89. The van der Waals surface area contributed by atoms with Crippen molar-refractivity contribution >= 4 is 11.9 Å². The SMILES string of the molecule is O=C(c1cccc(-c2noc(C(F)(F)F)n2)c1)N1CCN(c2nccc(-c3ccccc3)n2)CC1. The minimum absolute atomic E-state index is 0.229. The highest BCUT2D eigenvalue weighted by Crippen LogP contribution is 2.29. The highest BCUT2D eigenvalue weighted by Gasteiger charge is 2.38. The molecule has 11 heteroatoms. The van der Waals surface area contributed by atoms with Gasteiger partial charge in [0, 0.05) is 49.1 Å². The molecule has 4 aromatic rings. The third-order valence-electron chi connectivity index (χ3n) is 5.60. The molecule has 0 unspecified atom stereocenters. The fraction of sp³-hybridized carbons (Fsp3) is 0.208. The summed E-state index contributed by atoms with van der Waals surface area (Å²) >= 11 is 0. The molecule has 2 aromatic heterocycles. The molecule has 0 radical (unpaired) electrons. The van der Waals surface area contributed by atoms with Crippen molar-refractivity contribution in [2.24, 2.45) is 0 Å². The summed E-state index contributed by atoms with van der Waals surface area (Å²) in [7, 11) is 0. The van der Waals surface area contributed by atoms with Gasteiger partial charge in [0.25, 0.3) is 5.91 Å². The second kappa shape index (κ2) is 9.16. The highest BCUT2D eigenvalue weighted by atomic mass is 19.4. The molecule has 35 heavy (non-hydrogen) atoms. The zero-order valence-electron chi connectivity index (χ0n) is 18.3. The molecule has 2 aromatic carbocycles. The van der Waals surface area contributed by atoms with E-state index in [2.05, 4.69) is 24.6 Å². The van der Waals surface area contributed by atoms with E-state index < -0.39 is 12.1 Å². The molecule has 0 aliphatic carbocycles. The van der Waals surface area contributed by atoms with E-state index in [-0.39, 0.29) is 17.3 Å². The monoisotopic (exact) mass is 480 g/mol. The van der Waals surface area contributed by atoms with Crippen LogP contribution in [0.3, 0.4) is 0 Å². The number of aromatic nitrogens is 4. The molecule has 0 bridgehead atoms. The Morgan fingerprint density at radius 3 is 2.34 bits per heavy atom. The minimum atomic E-state index is -4.73. The lowest BCUT2D eigenvalue weighted by Crippen LogP contribution is -2.49. The molecule has 0 spiro atoms. The number of rotatable bonds is 4. The fourth-order valence-corrected chi connectivity index (χ4v) is 3.81. The highest BCUT2D eigenvalue weighted by molar-refractivity contribution is 5.95. The number of halogens is 3. The van der Waals surface area contributed by atoms with E-state index in [1.54, 1.807) is 23.2 Å². The summed E-state index contributed by atoms with van der Waals surface area (Å²) < 4.78 is 42.6. The van der Waals surface area contributed by atoms with Gasteiger partial charge in [0.1, 0.15) is 0 Å². The van der Waals surface area contributed by atoms with Crippen molar-refractivity contribution < 1.29 is 22.5 Å². The number of carbonyl (C=O) groups excluding carboxylic acids is 1. The van der Waals surface area contributed by atoms with Crippen molar-refractivity contribution in [2.45, 2.75) is 6.18 Å². The van der Waals surface area contributed by atoms with E-state index in [0.717, 1.165) is 11.3 Å². The molecular weight excluding hydrogens is 461 g/mol. The van der Waals surface area contributed by atoms with Crippen molar-refractivity contribution in [1.29, 1.82) is 0 Å². The molecule has 1 aliphatic rings. The maximum atomic E-state index is 13.1. The molecular formula is C24H19F3N6O2. The lowest BCUT2D eigenvalue weighted by Gasteiger charge is -2.34. The molecule has 5 rings (SSSR count). The van der Waals surface area contributed by atoms with Gasteiger partial charge < -0.3 is 14.3 Å². The van der Waals surface area contributed by atoms with E-state index in [1.807, 2.05) is 41.3 Å². The molecule has 178 valence electrons. The molecule has 0 N–H and O–H groups in total. The van der Waals surface area contributed by atoms with E-state index in [1.165, 1.54) is 12.1 Å². The lowest BCUT2D eigenvalue weighted by atomic mass is 10.1. The number of hydrogen-bond donors (Lipinski definition) is 0. The van der Waals surface area contributed by atoms with Gasteiger partial charge in [0.05, 0.1) is 5.69 Å². The number of nitrogens with zero attached hydrogens (tertiary/aromatic N) is 6. The standard InChI is InChI=1S/C24H19F3N6O2/c25-24(26,27)22-30-20(31-35-22)17-7-4-8-18(15-17)21(34)32-11-13-33(14-12-32)23-28-10-9-19(29-23)16-5-2-1-3-6-16/h1-10,15H,11-14H2. The summed E-state index contributed by atoms with van der Waals surface area (Å²) in [6.07, 6.45) is -3.02. The summed E-state index contributed by atoms with van der Waals surface area (Å²) in [4.78, 5) is 29.2. The topological polar surface area (TPSA) is 88.3 Å². The Labute approximate surface area is 198 Å². The Morgan fingerprint density at radius 2 is 1.63 bits per heavy atom. The smallest absolute Gasteiger partial charge is 0.337 e. The number of hydrogen-bond acceptors (Lipinski definition) is 7. The zero-order valence-corrected chi connectivity index (χ0v) is 18.3. The van der Waals surface area contributed by atoms with Crippen LogP contribution in [0.2, 0.25) is 0 Å². The maximum absolute atomic E-state index is 13.1. The van der Waals surface area contributed by atoms with Gasteiger partial charge in [0.2, 0.25) is 11.8 Å². The predicted molar refractivity (Wildman–Crippen MR) is 120 cm³/mol. The van der Waals surface area contributed by atoms with Crippen LogP contribution in [0, 0.1) is 0 Å². The molecule has 1 fully saturated rings. The molecule has 0 atom stereocenters. The Hall–Kier alpha value is -4.28. The predicted octanol–water partition coefficient (Wildman–Crippen LogP) is 4.17. The Balaban J connectivity index is 1.26. The Kier molecular flexibility index (Phi) is 5.89. The molecule has 1 saturated heterocycles. The van der Waals surface area contributed by atoms with Crippen molar-refractivity contribution in [2.75, 3.05) is 31.1 Å². The van der Waals surface area contributed by atoms with Crippen LogP contribution in [-0.4, -0.2) is 57.1 Å². The van der Waals surface area contributed by atoms with Gasteiger partial charge in [-0.25, -0.2) is 9.97 Å². The van der Waals surface area contributed by atoms with Gasteiger partial charge in [0.15, 0.2) is 0 Å². The largest absolute Gasteiger partial charge is 0.471 e. The second-order valence-electron chi connectivity index (χ2n) is 7.89. The Morgan fingerprint density at radius 1 is 0.886 bits per heavy atom. The molecule has 1 aliphatic heterocycles. The zero-order chi connectivity index (χ0) is 24.4. The van der Waals surface area contributed by atoms with E-state index in [9.17, 15) is 18.0 Å². The first-order valence-electron chi connectivity index (χ1n) is 10.8. The van der Waals surface area contributed by atoms with Crippen LogP contribution in [0.5, 0.6) is 0 Å². The van der Waals surface area contributed by atoms with Crippen LogP contribution in [0.1, 0.15) is 16.2 Å². The van der Waals surface area contributed by atoms with Crippen molar-refractivity contribution in [3.05, 3.63) is 78.3 Å². The quantitative estimate of drug-likeness (QED) is 0.433. The minimum Gasteiger partial charge on any atom is -0.337 e. The van der Waals surface area contributed by atoms with Gasteiger partial charge in [-0.05, 0) is 18.2 Å². The fourth-order valence-electron chi connectivity index (χ4n) is 3.81. The van der Waals surface area contributed by atoms with Crippen LogP contribution in [0.15, 0.2) is 71.4 Å². The average Bonchev–Trinajstić information content (AvgIpc) is 3.41. The van der Waals surface area contributed by atoms with Crippen LogP contribution in [0.4, 0.5) is 19.1 Å². The number of alkyl halides is 3. The molecule has 1 amide bonds. The van der Waals surface area contributed by atoms with Gasteiger partial charge in [-0.2, -0.15) is 18.2 Å². The van der Waals surface area contributed by atoms with Crippen molar-refractivity contribution in [1.82, 2.24) is 25.0 Å². The molecule has 3 heterocycles. The first kappa shape index (κ1) is 22.5. The van der Waals surface area contributed by atoms with Crippen molar-refractivity contribution in [3.63, 3.8) is 0 Å². The Bertz CT molecular complexity index is 1330. The summed E-state index contributed by atoms with van der Waals surface area (Å²) in [5.41, 5.74) is 2.41. The van der Waals surface area contributed by atoms with Gasteiger partial charge >= 0.3 is 12.1 Å². The first-order valence-corrected chi connectivity index (χ1v) is 10.8. The summed E-state index contributed by atoms with van der Waals surface area (Å²) in [6, 6.07) is 17.8. The van der Waals surface area contributed by atoms with E-state index in [0.29, 0.717) is 37.7 Å². The average molecular weight is 480 g/mol. The number of carbonyl (C=O) groups is 1. The normalized spacial score (nSPS) is 14.3. The van der Waals surface area contributed by atoms with E-state index >= 15 is 0 Å². The summed E-state index contributed by atoms with van der Waals surface area (Å²) in [5, 5.41) is 3.39. The number of amides is 1. The third-order valence-corrected chi connectivity index (χ3v) is 5.60. The van der Waals surface area contributed by atoms with Crippen LogP contribution in [-0.2, 0) is 6.18 Å². The van der Waals surface area contributed by atoms with Gasteiger partial charge in [-0.1, -0.05) is 47.6 Å². The summed E-state index contributed by atoms with van der Waals surface area (Å²) in [5.74, 6) is -1.30. The molecule has 0 saturated carbocycles. The maximum Gasteiger partial charge on any atom is 0.471 e. The van der Waals surface area contributed by atoms with Crippen LogP contribution in [0.25, 0.3) is 22.6 Å². The summed E-state index contributed by atoms with van der Waals surface area (Å²) in [6.45, 7) is 1.98. The first-order chi connectivity index (χ1) is 16.9. The van der Waals surface area contributed by atoms with Gasteiger partial charge in [-0.15, -0.1) is 0 Å². The van der Waals surface area contributed by atoms with Crippen molar-refractivity contribution in [3.8, 4) is 22.6 Å². The van der Waals surface area contributed by atoms with Gasteiger partial charge in [-0.3, -0.25) is 4.79 Å². The lowest BCUT2D eigenvalue weighted by molar-refractivity contribution is -0.159. The number of piperazine rings is 1. The van der Waals surface area contributed by atoms with Crippen LogP contribution >= 0.6 is 0 Å².